The number of pyridine rings is 1. The van der Waals surface area contributed by atoms with Crippen molar-refractivity contribution in [2.24, 2.45) is 22.7 Å². The van der Waals surface area contributed by atoms with Crippen LogP contribution >= 0.6 is 0 Å². The van der Waals surface area contributed by atoms with Crippen LogP contribution in [-0.2, 0) is 59.0 Å². The van der Waals surface area contributed by atoms with Crippen molar-refractivity contribution in [1.29, 1.82) is 0 Å². The standard InChI is InChI=1S/C57H69FN4O14/c1-51(2,3)74-49(69)60-28-40(48(68)61-38-17-15-36-27-59-22-20-35(36)23-38)34-13-11-33(12-14-34)31-71-46(66)29-62(50(70)75-52(4,5)6)30-47(67)72-32-44(65)57-45(73-53(7,8)76-57)25-42-41-18-16-37-24-39(63)19-21-54(37,9)56(41,58)43(64)26-55(42,57)10/h11-15,17,19-24,27,40-43,45,64H,16,18,25-26,28-32H2,1-10H3,(H,60,69)(H,61,68)/t40-,41+,42+,43+,45-,54+,55+,56+,57-/m1/s1. The lowest BCUT2D eigenvalue weighted by Crippen LogP contribution is -2.70. The number of halogens is 1. The van der Waals surface area contributed by atoms with E-state index in [2.05, 4.69) is 15.6 Å². The molecule has 4 aliphatic carbocycles. The molecule has 408 valence electrons. The molecule has 19 heteroatoms. The number of alkyl halides is 1. The fourth-order valence-corrected chi connectivity index (χ4v) is 12.2. The first-order valence-electron chi connectivity index (χ1n) is 25.7. The molecule has 4 fully saturated rings. The highest BCUT2D eigenvalue weighted by molar-refractivity contribution is 6.01. The Morgan fingerprint density at radius 3 is 2.26 bits per heavy atom. The van der Waals surface area contributed by atoms with E-state index in [0.29, 0.717) is 35.2 Å². The Balaban J connectivity index is 0.922. The van der Waals surface area contributed by atoms with Crippen LogP contribution in [-0.4, -0.2) is 123 Å². The molecule has 2 aromatic carbocycles. The van der Waals surface area contributed by atoms with Crippen LogP contribution in [0.3, 0.4) is 0 Å². The molecule has 1 aromatic heterocycles. The van der Waals surface area contributed by atoms with E-state index in [0.717, 1.165) is 15.7 Å². The Labute approximate surface area is 441 Å². The number of nitrogens with zero attached hydrogens (tertiary/aromatic N) is 2. The molecule has 18 nitrogen and oxygen atoms in total. The highest BCUT2D eigenvalue weighted by Gasteiger charge is 2.80. The largest absolute Gasteiger partial charge is 0.459 e. The fraction of sp³-hybridized carbons (Fsp3) is 0.544. The number of aliphatic hydroxyl groups is 1. The molecule has 76 heavy (non-hydrogen) atoms. The minimum Gasteiger partial charge on any atom is -0.459 e. The molecule has 3 saturated carbocycles. The van der Waals surface area contributed by atoms with E-state index in [9.17, 15) is 38.7 Å². The lowest BCUT2D eigenvalue weighted by atomic mass is 9.44. The van der Waals surface area contributed by atoms with Gasteiger partial charge < -0.3 is 44.2 Å². The first-order chi connectivity index (χ1) is 35.5. The topological polar surface area (TPSA) is 235 Å². The fourth-order valence-electron chi connectivity index (χ4n) is 12.2. The average molecular weight is 1050 g/mol. The molecular formula is C57H69FN4O14. The van der Waals surface area contributed by atoms with E-state index in [4.69, 9.17) is 28.4 Å². The van der Waals surface area contributed by atoms with E-state index in [1.54, 1.807) is 118 Å². The number of hydrogen-bond donors (Lipinski definition) is 3. The van der Waals surface area contributed by atoms with Crippen molar-refractivity contribution >= 4 is 58.1 Å². The summed E-state index contributed by atoms with van der Waals surface area (Å²) in [5.41, 5.74) is -6.04. The zero-order valence-corrected chi connectivity index (χ0v) is 44.8. The van der Waals surface area contributed by atoms with Crippen molar-refractivity contribution in [3.8, 4) is 0 Å². The third-order valence-corrected chi connectivity index (χ3v) is 15.6. The number of hydrogen-bond acceptors (Lipinski definition) is 15. The Bertz CT molecular complexity index is 2870. The molecule has 5 aliphatic rings. The minimum atomic E-state index is -2.18. The van der Waals surface area contributed by atoms with Gasteiger partial charge in [-0.05, 0) is 141 Å². The summed E-state index contributed by atoms with van der Waals surface area (Å²) in [6, 6.07) is 13.8. The van der Waals surface area contributed by atoms with Crippen LogP contribution in [0.25, 0.3) is 10.8 Å². The SMILES string of the molecule is CC(C)(C)OC(=O)NC[C@@H](C(=O)Nc1ccc2cnccc2c1)c1ccc(COC(=O)CN(CC(=O)OCC(=O)[C@@]23OC(C)(C)O[C@@H]2C[C@H]2[C@@H]4CCC5=CC(=O)C=C[C@]5(C)[C@@]4(F)[C@@H](O)C[C@@]23C)C(=O)OC(C)(C)C)cc1. The van der Waals surface area contributed by atoms with Gasteiger partial charge in [0.15, 0.2) is 29.4 Å². The van der Waals surface area contributed by atoms with Crippen LogP contribution in [0.5, 0.6) is 0 Å². The minimum absolute atomic E-state index is 0.112. The number of Topliss-reactive ketones (excluding diaryl/α,β-unsaturated/α-hetero) is 1. The smallest absolute Gasteiger partial charge is 0.411 e. The monoisotopic (exact) mass is 1050 g/mol. The Hall–Kier alpha value is -6.57. The summed E-state index contributed by atoms with van der Waals surface area (Å²) in [4.78, 5) is 99.1. The van der Waals surface area contributed by atoms with Gasteiger partial charge in [0.25, 0.3) is 0 Å². The zero-order valence-electron chi connectivity index (χ0n) is 44.8. The predicted octanol–water partition coefficient (Wildman–Crippen LogP) is 7.75. The number of fused-ring (bicyclic) bond motifs is 8. The van der Waals surface area contributed by atoms with Gasteiger partial charge in [0.2, 0.25) is 11.7 Å². The van der Waals surface area contributed by atoms with Gasteiger partial charge in [-0.1, -0.05) is 48.9 Å². The molecule has 3 aromatic rings. The molecule has 9 atom stereocenters. The molecule has 3 N–H and O–H groups in total. The number of aromatic nitrogens is 1. The van der Waals surface area contributed by atoms with E-state index < -0.39 is 125 Å². The predicted molar refractivity (Wildman–Crippen MR) is 274 cm³/mol. The number of alkyl carbamates (subject to hydrolysis) is 1. The molecule has 1 aliphatic heterocycles. The summed E-state index contributed by atoms with van der Waals surface area (Å²) in [7, 11) is 0. The van der Waals surface area contributed by atoms with Crippen LogP contribution in [0, 0.1) is 22.7 Å². The number of anilines is 1. The molecule has 0 spiro atoms. The number of allylic oxidation sites excluding steroid dienone is 4. The lowest BCUT2D eigenvalue weighted by molar-refractivity contribution is -0.246. The summed E-state index contributed by atoms with van der Waals surface area (Å²) < 4.78 is 52.9. The van der Waals surface area contributed by atoms with E-state index in [1.807, 2.05) is 18.2 Å². The second-order valence-electron chi connectivity index (χ2n) is 23.5. The Kier molecular flexibility index (Phi) is 15.0. The number of rotatable bonds is 14. The molecule has 2 heterocycles. The molecule has 3 amide bonds. The Morgan fingerprint density at radius 2 is 1.58 bits per heavy atom. The van der Waals surface area contributed by atoms with Gasteiger partial charge in [0.1, 0.15) is 30.9 Å². The molecule has 0 radical (unpaired) electrons. The number of amides is 3. The van der Waals surface area contributed by atoms with Gasteiger partial charge in [-0.3, -0.25) is 33.9 Å². The van der Waals surface area contributed by atoms with Crippen LogP contribution in [0.1, 0.15) is 112 Å². The molecule has 8 rings (SSSR count). The van der Waals surface area contributed by atoms with E-state index in [-0.39, 0.29) is 31.8 Å². The first kappa shape index (κ1) is 55.7. The van der Waals surface area contributed by atoms with Gasteiger partial charge >= 0.3 is 24.1 Å². The highest BCUT2D eigenvalue weighted by atomic mass is 19.1. The number of ether oxygens (including phenoxy) is 6. The summed E-state index contributed by atoms with van der Waals surface area (Å²) in [5, 5.41) is 19.3. The number of benzene rings is 2. The number of carbonyl (C=O) groups is 7. The summed E-state index contributed by atoms with van der Waals surface area (Å²) in [6.45, 7) is 14.0. The molecule has 1 saturated heterocycles. The van der Waals surface area contributed by atoms with Crippen LogP contribution < -0.4 is 10.6 Å². The van der Waals surface area contributed by atoms with Crippen LogP contribution in [0.2, 0.25) is 0 Å². The zero-order chi connectivity index (χ0) is 55.4. The number of ketones is 2. The summed E-state index contributed by atoms with van der Waals surface area (Å²) >= 11 is 0. The number of carbonyl (C=O) groups excluding carboxylic acids is 7. The average Bonchev–Trinajstić information content (AvgIpc) is 3.86. The van der Waals surface area contributed by atoms with Gasteiger partial charge in [-0.15, -0.1) is 0 Å². The van der Waals surface area contributed by atoms with Crippen molar-refractivity contribution in [3.05, 3.63) is 95.9 Å². The van der Waals surface area contributed by atoms with Crippen LogP contribution in [0.4, 0.5) is 19.7 Å². The van der Waals surface area contributed by atoms with Gasteiger partial charge in [0.05, 0.1) is 18.1 Å². The maximum absolute atomic E-state index is 17.9. The van der Waals surface area contributed by atoms with Crippen molar-refractivity contribution < 1.29 is 71.5 Å². The second kappa shape index (κ2) is 20.4. The first-order valence-corrected chi connectivity index (χ1v) is 25.7. The lowest BCUT2D eigenvalue weighted by Gasteiger charge is -2.62. The third-order valence-electron chi connectivity index (χ3n) is 15.6. The van der Waals surface area contributed by atoms with Crippen molar-refractivity contribution in [3.63, 3.8) is 0 Å². The van der Waals surface area contributed by atoms with Crippen molar-refractivity contribution in [2.75, 3.05) is 31.6 Å². The maximum atomic E-state index is 17.9. The molecule has 0 bridgehead atoms. The number of aliphatic hydroxyl groups excluding tert-OH is 1. The van der Waals surface area contributed by atoms with E-state index in [1.165, 1.54) is 12.2 Å². The molecule has 0 unspecified atom stereocenters. The van der Waals surface area contributed by atoms with E-state index >= 15 is 4.39 Å². The van der Waals surface area contributed by atoms with Gasteiger partial charge in [-0.2, -0.15) is 0 Å². The normalized spacial score (nSPS) is 28.6. The Morgan fingerprint density at radius 1 is 0.895 bits per heavy atom. The molecular weight excluding hydrogens is 984 g/mol. The number of esters is 2. The van der Waals surface area contributed by atoms with Crippen molar-refractivity contribution in [2.45, 2.75) is 148 Å². The number of nitrogens with one attached hydrogen (secondary N) is 2. The maximum Gasteiger partial charge on any atom is 0.411 e. The summed E-state index contributed by atoms with van der Waals surface area (Å²) in [5.74, 6) is -6.72. The quantitative estimate of drug-likeness (QED) is 0.103. The highest BCUT2D eigenvalue weighted by Crippen LogP contribution is 2.72. The third kappa shape index (κ3) is 10.9. The van der Waals surface area contributed by atoms with Gasteiger partial charge in [0, 0.05) is 46.8 Å². The van der Waals surface area contributed by atoms with Crippen molar-refractivity contribution in [1.82, 2.24) is 15.2 Å². The summed E-state index contributed by atoms with van der Waals surface area (Å²) in [6.07, 6.45) is 4.25. The second-order valence-corrected chi connectivity index (χ2v) is 23.5. The van der Waals surface area contributed by atoms with Gasteiger partial charge in [-0.25, -0.2) is 14.0 Å². The van der Waals surface area contributed by atoms with Crippen LogP contribution in [0.15, 0.2) is 84.7 Å².